The van der Waals surface area contributed by atoms with Gasteiger partial charge in [-0.15, -0.1) is 0 Å². The minimum Gasteiger partial charge on any atom is -0.455 e. The SMILES string of the molecule is Cc1cc(C)cc(NC(=O)c2oc3c(c2C)/C(=N/NC(=O)c2cccc4ccccc24)CCC3)c1. The van der Waals surface area contributed by atoms with E-state index in [-0.39, 0.29) is 17.6 Å². The van der Waals surface area contributed by atoms with E-state index < -0.39 is 0 Å². The summed E-state index contributed by atoms with van der Waals surface area (Å²) in [4.78, 5) is 26.0. The van der Waals surface area contributed by atoms with E-state index in [1.165, 1.54) is 0 Å². The summed E-state index contributed by atoms with van der Waals surface area (Å²) < 4.78 is 6.01. The van der Waals surface area contributed by atoms with Crippen molar-refractivity contribution in [3.63, 3.8) is 0 Å². The third kappa shape index (κ3) is 4.47. The van der Waals surface area contributed by atoms with E-state index in [1.54, 1.807) is 6.07 Å². The minimum absolute atomic E-state index is 0.268. The first-order valence-electron chi connectivity index (χ1n) is 11.8. The Morgan fingerprint density at radius 1 is 0.886 bits per heavy atom. The van der Waals surface area contributed by atoms with Crippen LogP contribution in [0.25, 0.3) is 10.8 Å². The van der Waals surface area contributed by atoms with E-state index in [9.17, 15) is 9.59 Å². The lowest BCUT2D eigenvalue weighted by molar-refractivity contribution is 0.0955. The van der Waals surface area contributed by atoms with Crippen molar-refractivity contribution in [2.24, 2.45) is 5.10 Å². The van der Waals surface area contributed by atoms with E-state index in [0.29, 0.717) is 12.0 Å². The largest absolute Gasteiger partial charge is 0.455 e. The number of carbonyl (C=O) groups excluding carboxylic acids is 2. The van der Waals surface area contributed by atoms with Gasteiger partial charge in [-0.1, -0.05) is 42.5 Å². The molecule has 1 aliphatic carbocycles. The highest BCUT2D eigenvalue weighted by Crippen LogP contribution is 2.30. The number of anilines is 1. The third-order valence-electron chi connectivity index (χ3n) is 6.34. The van der Waals surface area contributed by atoms with Gasteiger partial charge < -0.3 is 9.73 Å². The van der Waals surface area contributed by atoms with Crippen LogP contribution in [0.1, 0.15) is 61.8 Å². The van der Waals surface area contributed by atoms with Crippen LogP contribution in [-0.2, 0) is 6.42 Å². The summed E-state index contributed by atoms with van der Waals surface area (Å²) in [7, 11) is 0. The number of aryl methyl sites for hydroxylation is 3. The Balaban J connectivity index is 1.41. The lowest BCUT2D eigenvalue weighted by Gasteiger charge is -2.13. The van der Waals surface area contributed by atoms with Crippen LogP contribution in [0.15, 0.2) is 70.2 Å². The van der Waals surface area contributed by atoms with Crippen molar-refractivity contribution in [2.75, 3.05) is 5.32 Å². The maximum atomic E-state index is 13.0. The molecule has 0 saturated carbocycles. The monoisotopic (exact) mass is 465 g/mol. The molecule has 2 N–H and O–H groups in total. The van der Waals surface area contributed by atoms with Crippen molar-refractivity contribution in [1.29, 1.82) is 0 Å². The molecule has 0 atom stereocenters. The molecule has 1 aliphatic rings. The number of furan rings is 1. The molecule has 0 saturated heterocycles. The van der Waals surface area contributed by atoms with Crippen molar-refractivity contribution < 1.29 is 14.0 Å². The number of benzene rings is 3. The van der Waals surface area contributed by atoms with E-state index in [2.05, 4.69) is 21.9 Å². The lowest BCUT2D eigenvalue weighted by atomic mass is 9.93. The van der Waals surface area contributed by atoms with E-state index >= 15 is 0 Å². The Bertz CT molecular complexity index is 1470. The Labute approximate surface area is 204 Å². The molecule has 0 bridgehead atoms. The predicted molar refractivity (Wildman–Crippen MR) is 138 cm³/mol. The molecular weight excluding hydrogens is 438 g/mol. The van der Waals surface area contributed by atoms with E-state index in [0.717, 1.165) is 63.0 Å². The zero-order valence-electron chi connectivity index (χ0n) is 20.1. The topological polar surface area (TPSA) is 83.7 Å². The van der Waals surface area contributed by atoms with Crippen molar-refractivity contribution in [3.05, 3.63) is 100 Å². The van der Waals surface area contributed by atoms with Crippen LogP contribution in [0.2, 0.25) is 0 Å². The van der Waals surface area contributed by atoms with Gasteiger partial charge in [0.05, 0.1) is 5.71 Å². The fraction of sp³-hybridized carbons (Fsp3) is 0.207. The molecule has 0 unspecified atom stereocenters. The highest BCUT2D eigenvalue weighted by Gasteiger charge is 2.28. The fourth-order valence-electron chi connectivity index (χ4n) is 4.83. The number of nitrogens with zero attached hydrogens (tertiary/aromatic N) is 1. The van der Waals surface area contributed by atoms with Crippen LogP contribution in [0.5, 0.6) is 0 Å². The molecule has 1 aromatic heterocycles. The Kier molecular flexibility index (Phi) is 5.95. The van der Waals surface area contributed by atoms with Crippen LogP contribution >= 0.6 is 0 Å². The standard InChI is InChI=1S/C29H27N3O3/c1-17-14-18(2)16-21(15-17)30-29(34)27-19(3)26-24(12-7-13-25(26)35-27)31-32-28(33)23-11-6-9-20-8-4-5-10-22(20)23/h4-6,8-11,14-16H,7,12-13H2,1-3H3,(H,30,34)(H,32,33)/b31-24+. The normalized spacial score (nSPS) is 14.1. The van der Waals surface area contributed by atoms with Crippen LogP contribution in [0, 0.1) is 20.8 Å². The van der Waals surface area contributed by atoms with Crippen molar-refractivity contribution in [3.8, 4) is 0 Å². The van der Waals surface area contributed by atoms with Gasteiger partial charge in [0, 0.05) is 28.8 Å². The molecule has 176 valence electrons. The number of nitrogens with one attached hydrogen (secondary N) is 2. The van der Waals surface area contributed by atoms with Gasteiger partial charge in [-0.25, -0.2) is 5.43 Å². The summed E-state index contributed by atoms with van der Waals surface area (Å²) in [5.41, 5.74) is 8.47. The molecule has 6 heteroatoms. The summed E-state index contributed by atoms with van der Waals surface area (Å²) >= 11 is 0. The molecule has 0 radical (unpaired) electrons. The number of hydrazone groups is 1. The van der Waals surface area contributed by atoms with Crippen LogP contribution in [0.4, 0.5) is 5.69 Å². The zero-order chi connectivity index (χ0) is 24.5. The zero-order valence-corrected chi connectivity index (χ0v) is 20.1. The first kappa shape index (κ1) is 22.6. The summed E-state index contributed by atoms with van der Waals surface area (Å²) in [5.74, 6) is 0.456. The van der Waals surface area contributed by atoms with E-state index in [1.807, 2.05) is 69.3 Å². The molecule has 5 rings (SSSR count). The Hall–Kier alpha value is -4.19. The summed E-state index contributed by atoms with van der Waals surface area (Å²) in [6.45, 7) is 5.86. The van der Waals surface area contributed by atoms with Crippen LogP contribution in [-0.4, -0.2) is 17.5 Å². The summed E-state index contributed by atoms with van der Waals surface area (Å²) in [5, 5.41) is 9.30. The quantitative estimate of drug-likeness (QED) is 0.358. The van der Waals surface area contributed by atoms with Crippen LogP contribution < -0.4 is 10.7 Å². The second-order valence-electron chi connectivity index (χ2n) is 9.06. The maximum Gasteiger partial charge on any atom is 0.291 e. The number of hydrogen-bond donors (Lipinski definition) is 2. The average Bonchev–Trinajstić information content (AvgIpc) is 3.18. The molecule has 2 amide bonds. The predicted octanol–water partition coefficient (Wildman–Crippen LogP) is 6.08. The van der Waals surface area contributed by atoms with Crippen molar-refractivity contribution >= 4 is 34.0 Å². The van der Waals surface area contributed by atoms with Gasteiger partial charge in [0.25, 0.3) is 11.8 Å². The maximum absolute atomic E-state index is 13.0. The summed E-state index contributed by atoms with van der Waals surface area (Å²) in [6, 6.07) is 19.3. The molecule has 35 heavy (non-hydrogen) atoms. The molecule has 0 spiro atoms. The molecule has 0 fully saturated rings. The highest BCUT2D eigenvalue weighted by atomic mass is 16.4. The average molecular weight is 466 g/mol. The number of fused-ring (bicyclic) bond motifs is 2. The number of carbonyl (C=O) groups is 2. The summed E-state index contributed by atoms with van der Waals surface area (Å²) in [6.07, 6.45) is 2.26. The third-order valence-corrected chi connectivity index (χ3v) is 6.34. The Morgan fingerprint density at radius 2 is 1.63 bits per heavy atom. The molecule has 1 heterocycles. The molecule has 4 aromatic rings. The number of hydrogen-bond acceptors (Lipinski definition) is 4. The van der Waals surface area contributed by atoms with Crippen LogP contribution in [0.3, 0.4) is 0 Å². The van der Waals surface area contributed by atoms with Gasteiger partial charge in [0.1, 0.15) is 5.76 Å². The smallest absolute Gasteiger partial charge is 0.291 e. The second-order valence-corrected chi connectivity index (χ2v) is 9.06. The first-order valence-corrected chi connectivity index (χ1v) is 11.8. The van der Waals surface area contributed by atoms with Gasteiger partial charge in [-0.2, -0.15) is 5.10 Å². The van der Waals surface area contributed by atoms with Crippen molar-refractivity contribution in [2.45, 2.75) is 40.0 Å². The number of rotatable bonds is 4. The van der Waals surface area contributed by atoms with Gasteiger partial charge in [0.2, 0.25) is 0 Å². The van der Waals surface area contributed by atoms with Gasteiger partial charge in [-0.3, -0.25) is 9.59 Å². The molecule has 0 aliphatic heterocycles. The van der Waals surface area contributed by atoms with Gasteiger partial charge in [-0.05, 0) is 73.7 Å². The lowest BCUT2D eigenvalue weighted by Crippen LogP contribution is -2.22. The van der Waals surface area contributed by atoms with Gasteiger partial charge >= 0.3 is 0 Å². The Morgan fingerprint density at radius 3 is 2.43 bits per heavy atom. The van der Waals surface area contributed by atoms with Crippen molar-refractivity contribution in [1.82, 2.24) is 5.43 Å². The molecular formula is C29H27N3O3. The number of amides is 2. The highest BCUT2D eigenvalue weighted by molar-refractivity contribution is 6.11. The molecule has 3 aromatic carbocycles. The first-order chi connectivity index (χ1) is 16.9. The molecule has 6 nitrogen and oxygen atoms in total. The second kappa shape index (κ2) is 9.22. The van der Waals surface area contributed by atoms with E-state index in [4.69, 9.17) is 4.42 Å². The minimum atomic E-state index is -0.291. The van der Waals surface area contributed by atoms with Gasteiger partial charge in [0.15, 0.2) is 5.76 Å². The fourth-order valence-corrected chi connectivity index (χ4v) is 4.83.